The zero-order chi connectivity index (χ0) is 4.12. The molecule has 0 spiro atoms. The van der Waals surface area contributed by atoms with Gasteiger partial charge in [-0.25, -0.2) is 0 Å². The molecule has 28 valence electrons. The van der Waals surface area contributed by atoms with Crippen molar-refractivity contribution in [1.29, 1.82) is 0 Å². The Morgan fingerprint density at radius 2 is 2.60 bits per heavy atom. The molecule has 0 amide bonds. The van der Waals surface area contributed by atoms with E-state index in [9.17, 15) is 0 Å². The van der Waals surface area contributed by atoms with E-state index in [1.807, 2.05) is 6.08 Å². The Hall–Kier alpha value is -0.195. The molecule has 0 radical (unpaired) electrons. The van der Waals surface area contributed by atoms with Crippen molar-refractivity contribution < 1.29 is 0 Å². The maximum atomic E-state index is 3.55. The van der Waals surface area contributed by atoms with Crippen LogP contribution >= 0.6 is 0 Å². The third kappa shape index (κ3) is 3.80. The molecule has 0 aliphatic heterocycles. The summed E-state index contributed by atoms with van der Waals surface area (Å²) in [7, 11) is 1.23. The van der Waals surface area contributed by atoms with Crippen molar-refractivity contribution in [2.24, 2.45) is 0 Å². The first-order valence-electron chi connectivity index (χ1n) is 2.02. The lowest BCUT2D eigenvalue weighted by Gasteiger charge is -1.69. The summed E-state index contributed by atoms with van der Waals surface area (Å²) in [6.45, 7) is 5.69. The van der Waals surface area contributed by atoms with Gasteiger partial charge in [0.15, 0.2) is 0 Å². The molecular weight excluding hydrogens is 58.9 g/mol. The Balaban J connectivity index is 2.40. The SMILES string of the molecule is C=CCBC. The van der Waals surface area contributed by atoms with E-state index in [0.29, 0.717) is 0 Å². The van der Waals surface area contributed by atoms with Gasteiger partial charge < -0.3 is 0 Å². The topological polar surface area (TPSA) is 0 Å². The monoisotopic (exact) mass is 68.1 g/mol. The fourth-order valence-electron chi connectivity index (χ4n) is 0.204. The first-order valence-corrected chi connectivity index (χ1v) is 2.02. The summed E-state index contributed by atoms with van der Waals surface area (Å²) in [5.74, 6) is 0. The Morgan fingerprint density at radius 1 is 2.00 bits per heavy atom. The fraction of sp³-hybridized carbons (Fsp3) is 0.500. The molecule has 0 unspecified atom stereocenters. The molecule has 0 aromatic heterocycles. The van der Waals surface area contributed by atoms with Crippen LogP contribution in [0.2, 0.25) is 13.1 Å². The molecule has 0 aliphatic rings. The summed E-state index contributed by atoms with van der Waals surface area (Å²) < 4.78 is 0. The second-order valence-electron chi connectivity index (χ2n) is 1.08. The Bertz CT molecular complexity index is 24.8. The Kier molecular flexibility index (Phi) is 3.66. The minimum absolute atomic E-state index is 1.15. The molecule has 0 saturated carbocycles. The van der Waals surface area contributed by atoms with Crippen molar-refractivity contribution >= 4 is 7.28 Å². The van der Waals surface area contributed by atoms with E-state index in [-0.39, 0.29) is 0 Å². The van der Waals surface area contributed by atoms with Gasteiger partial charge in [-0.2, -0.15) is 0 Å². The average molecular weight is 67.9 g/mol. The molecule has 0 saturated heterocycles. The van der Waals surface area contributed by atoms with Gasteiger partial charge in [0.2, 0.25) is 0 Å². The number of allylic oxidation sites excluding steroid dienone is 1. The molecule has 0 aromatic rings. The Morgan fingerprint density at radius 3 is 2.60 bits per heavy atom. The van der Waals surface area contributed by atoms with Crippen LogP contribution in [0.4, 0.5) is 0 Å². The fourth-order valence-corrected chi connectivity index (χ4v) is 0.204. The second-order valence-corrected chi connectivity index (χ2v) is 1.08. The standard InChI is InChI=1S/C4H9B/c1-3-4-5-2/h3,5H,1,4H2,2H3. The molecule has 5 heavy (non-hydrogen) atoms. The molecule has 0 rings (SSSR count). The lowest BCUT2D eigenvalue weighted by atomic mass is 9.78. The summed E-state index contributed by atoms with van der Waals surface area (Å²) >= 11 is 0. The maximum Gasteiger partial charge on any atom is 0.121 e. The smallest absolute Gasteiger partial charge is 0.104 e. The minimum Gasteiger partial charge on any atom is -0.104 e. The van der Waals surface area contributed by atoms with Crippen molar-refractivity contribution in [3.05, 3.63) is 12.7 Å². The van der Waals surface area contributed by atoms with Gasteiger partial charge in [0.1, 0.15) is 7.28 Å². The van der Waals surface area contributed by atoms with Gasteiger partial charge in [0.05, 0.1) is 0 Å². The van der Waals surface area contributed by atoms with E-state index in [1.54, 1.807) is 0 Å². The van der Waals surface area contributed by atoms with Crippen LogP contribution in [0.3, 0.4) is 0 Å². The minimum atomic E-state index is 1.15. The van der Waals surface area contributed by atoms with E-state index in [0.717, 1.165) is 6.32 Å². The molecule has 0 N–H and O–H groups in total. The first kappa shape index (κ1) is 4.80. The van der Waals surface area contributed by atoms with Gasteiger partial charge in [-0.3, -0.25) is 0 Å². The van der Waals surface area contributed by atoms with Crippen LogP contribution in [0, 0.1) is 0 Å². The predicted molar refractivity (Wildman–Crippen MR) is 28.0 cm³/mol. The molecule has 0 fully saturated rings. The number of hydrogen-bond donors (Lipinski definition) is 0. The van der Waals surface area contributed by atoms with Crippen LogP contribution in [0.15, 0.2) is 12.7 Å². The van der Waals surface area contributed by atoms with E-state index >= 15 is 0 Å². The van der Waals surface area contributed by atoms with Crippen molar-refractivity contribution in [3.8, 4) is 0 Å². The van der Waals surface area contributed by atoms with Gasteiger partial charge in [-0.15, -0.1) is 6.58 Å². The van der Waals surface area contributed by atoms with E-state index < -0.39 is 0 Å². The lowest BCUT2D eigenvalue weighted by Crippen LogP contribution is -1.69. The Labute approximate surface area is 34.1 Å². The highest BCUT2D eigenvalue weighted by Gasteiger charge is 1.66. The van der Waals surface area contributed by atoms with Gasteiger partial charge >= 0.3 is 0 Å². The first-order chi connectivity index (χ1) is 2.41. The van der Waals surface area contributed by atoms with E-state index in [4.69, 9.17) is 0 Å². The van der Waals surface area contributed by atoms with E-state index in [1.165, 1.54) is 7.28 Å². The lowest BCUT2D eigenvalue weighted by molar-refractivity contribution is 1.71. The van der Waals surface area contributed by atoms with Gasteiger partial charge in [0.25, 0.3) is 0 Å². The number of rotatable bonds is 2. The zero-order valence-corrected chi connectivity index (χ0v) is 3.70. The van der Waals surface area contributed by atoms with Crippen molar-refractivity contribution in [2.75, 3.05) is 0 Å². The van der Waals surface area contributed by atoms with Gasteiger partial charge in [-0.05, 0) is 0 Å². The van der Waals surface area contributed by atoms with Crippen molar-refractivity contribution in [2.45, 2.75) is 13.1 Å². The molecule has 0 aliphatic carbocycles. The van der Waals surface area contributed by atoms with Crippen LogP contribution in [-0.4, -0.2) is 7.28 Å². The van der Waals surface area contributed by atoms with Crippen molar-refractivity contribution in [3.63, 3.8) is 0 Å². The van der Waals surface area contributed by atoms with Crippen LogP contribution in [0.1, 0.15) is 0 Å². The number of hydrogen-bond acceptors (Lipinski definition) is 0. The normalized spacial score (nSPS) is 6.60. The maximum absolute atomic E-state index is 3.55. The molecule has 0 atom stereocenters. The molecular formula is C4H9B. The third-order valence-corrected chi connectivity index (χ3v) is 0.493. The van der Waals surface area contributed by atoms with E-state index in [2.05, 4.69) is 13.4 Å². The van der Waals surface area contributed by atoms with Crippen molar-refractivity contribution in [1.82, 2.24) is 0 Å². The zero-order valence-electron chi connectivity index (χ0n) is 3.70. The summed E-state index contributed by atoms with van der Waals surface area (Å²) in [6.07, 6.45) is 3.08. The van der Waals surface area contributed by atoms with Crippen LogP contribution in [-0.2, 0) is 0 Å². The average Bonchev–Trinajstić information content (AvgIpc) is 1.41. The van der Waals surface area contributed by atoms with Gasteiger partial charge in [0, 0.05) is 0 Å². The second kappa shape index (κ2) is 3.80. The molecule has 0 nitrogen and oxygen atoms in total. The highest BCUT2D eigenvalue weighted by molar-refractivity contribution is 6.34. The summed E-state index contributed by atoms with van der Waals surface area (Å²) in [5.41, 5.74) is 0. The molecule has 0 bridgehead atoms. The van der Waals surface area contributed by atoms with Crippen LogP contribution in [0.25, 0.3) is 0 Å². The third-order valence-electron chi connectivity index (χ3n) is 0.493. The molecule has 0 aromatic carbocycles. The summed E-state index contributed by atoms with van der Waals surface area (Å²) in [5, 5.41) is 0. The highest BCUT2D eigenvalue weighted by Crippen LogP contribution is 1.72. The predicted octanol–water partition coefficient (Wildman–Crippen LogP) is 1.08. The largest absolute Gasteiger partial charge is 0.121 e. The van der Waals surface area contributed by atoms with Crippen LogP contribution < -0.4 is 0 Å². The summed E-state index contributed by atoms with van der Waals surface area (Å²) in [4.78, 5) is 0. The van der Waals surface area contributed by atoms with Gasteiger partial charge in [-0.1, -0.05) is 19.2 Å². The highest BCUT2D eigenvalue weighted by atomic mass is 13.4. The quantitative estimate of drug-likeness (QED) is 0.335. The molecule has 1 heteroatoms. The van der Waals surface area contributed by atoms with Crippen LogP contribution in [0.5, 0.6) is 0 Å². The summed E-state index contributed by atoms with van der Waals surface area (Å²) in [6, 6.07) is 0. The molecule has 0 heterocycles.